The second kappa shape index (κ2) is 6.62. The molecule has 0 saturated carbocycles. The zero-order valence-corrected chi connectivity index (χ0v) is 12.6. The van der Waals surface area contributed by atoms with Crippen LogP contribution in [-0.2, 0) is 13.0 Å². The number of nitrogens with zero attached hydrogens (tertiary/aromatic N) is 1. The molecule has 0 radical (unpaired) electrons. The number of nitrogens with two attached hydrogens (primary N) is 1. The molecule has 1 aromatic carbocycles. The third-order valence-corrected chi connectivity index (χ3v) is 3.75. The fraction of sp³-hybridized carbons (Fsp3) is 0.412. The van der Waals surface area contributed by atoms with Crippen molar-refractivity contribution in [2.24, 2.45) is 5.73 Å². The van der Waals surface area contributed by atoms with Crippen molar-refractivity contribution in [3.63, 3.8) is 0 Å². The molecule has 0 saturated heterocycles. The van der Waals surface area contributed by atoms with Gasteiger partial charge in [0.1, 0.15) is 5.76 Å². The van der Waals surface area contributed by atoms with Gasteiger partial charge in [-0.2, -0.15) is 0 Å². The van der Waals surface area contributed by atoms with Crippen molar-refractivity contribution >= 4 is 5.69 Å². The lowest BCUT2D eigenvalue weighted by molar-refractivity contribution is 0.507. The van der Waals surface area contributed by atoms with Crippen LogP contribution in [0.4, 0.5) is 5.69 Å². The molecule has 3 heteroatoms. The Morgan fingerprint density at radius 3 is 2.70 bits per heavy atom. The molecule has 1 aromatic heterocycles. The first kappa shape index (κ1) is 14.7. The molecule has 1 atom stereocenters. The van der Waals surface area contributed by atoms with Gasteiger partial charge in [0.2, 0.25) is 0 Å². The van der Waals surface area contributed by atoms with Gasteiger partial charge in [-0.05, 0) is 55.2 Å². The van der Waals surface area contributed by atoms with Crippen LogP contribution in [0.25, 0.3) is 0 Å². The maximum Gasteiger partial charge on any atom is 0.123 e. The summed E-state index contributed by atoms with van der Waals surface area (Å²) in [6.07, 6.45) is 3.67. The number of hydrogen-bond donors (Lipinski definition) is 1. The quantitative estimate of drug-likeness (QED) is 0.875. The number of anilines is 1. The van der Waals surface area contributed by atoms with Gasteiger partial charge in [0.05, 0.1) is 12.8 Å². The molecule has 108 valence electrons. The van der Waals surface area contributed by atoms with Crippen LogP contribution in [0.3, 0.4) is 0 Å². The summed E-state index contributed by atoms with van der Waals surface area (Å²) in [6.45, 7) is 5.06. The molecule has 0 bridgehead atoms. The highest BCUT2D eigenvalue weighted by Gasteiger charge is 2.08. The van der Waals surface area contributed by atoms with Gasteiger partial charge in [-0.15, -0.1) is 0 Å². The Hall–Kier alpha value is -1.74. The highest BCUT2D eigenvalue weighted by molar-refractivity contribution is 5.50. The Morgan fingerprint density at radius 2 is 2.10 bits per heavy atom. The lowest BCUT2D eigenvalue weighted by Gasteiger charge is -2.20. The largest absolute Gasteiger partial charge is 0.467 e. The fourth-order valence-electron chi connectivity index (χ4n) is 2.30. The zero-order valence-electron chi connectivity index (χ0n) is 12.6. The van der Waals surface area contributed by atoms with Crippen LogP contribution >= 0.6 is 0 Å². The summed E-state index contributed by atoms with van der Waals surface area (Å²) in [7, 11) is 2.08. The predicted octanol–water partition coefficient (Wildman–Crippen LogP) is 3.50. The Bertz CT molecular complexity index is 534. The van der Waals surface area contributed by atoms with Crippen LogP contribution < -0.4 is 10.6 Å². The van der Waals surface area contributed by atoms with Crippen molar-refractivity contribution in [1.29, 1.82) is 0 Å². The van der Waals surface area contributed by atoms with E-state index in [1.54, 1.807) is 6.26 Å². The van der Waals surface area contributed by atoms with Crippen molar-refractivity contribution in [2.45, 2.75) is 39.3 Å². The first-order valence-electron chi connectivity index (χ1n) is 7.18. The maximum atomic E-state index is 6.04. The molecule has 1 heterocycles. The Labute approximate surface area is 121 Å². The van der Waals surface area contributed by atoms with E-state index in [1.165, 1.54) is 16.8 Å². The predicted molar refractivity (Wildman–Crippen MR) is 84.0 cm³/mol. The zero-order chi connectivity index (χ0) is 14.5. The molecule has 1 unspecified atom stereocenters. The van der Waals surface area contributed by atoms with Crippen molar-refractivity contribution in [1.82, 2.24) is 0 Å². The minimum absolute atomic E-state index is 0.250. The summed E-state index contributed by atoms with van der Waals surface area (Å²) >= 11 is 0. The molecule has 3 nitrogen and oxygen atoms in total. The summed E-state index contributed by atoms with van der Waals surface area (Å²) in [5, 5.41) is 0. The third kappa shape index (κ3) is 3.64. The molecular formula is C17H24N2O. The molecule has 0 aliphatic rings. The Balaban J connectivity index is 2.08. The number of benzene rings is 1. The van der Waals surface area contributed by atoms with Crippen molar-refractivity contribution in [3.05, 3.63) is 53.5 Å². The summed E-state index contributed by atoms with van der Waals surface area (Å²) in [4.78, 5) is 2.19. The van der Waals surface area contributed by atoms with E-state index in [4.69, 9.17) is 10.2 Å². The normalized spacial score (nSPS) is 12.4. The van der Waals surface area contributed by atoms with Crippen molar-refractivity contribution < 1.29 is 4.42 Å². The summed E-state index contributed by atoms with van der Waals surface area (Å²) < 4.78 is 5.39. The minimum Gasteiger partial charge on any atom is -0.467 e. The number of rotatable bonds is 6. The van der Waals surface area contributed by atoms with Crippen LogP contribution in [0.2, 0.25) is 0 Å². The van der Waals surface area contributed by atoms with E-state index >= 15 is 0 Å². The summed E-state index contributed by atoms with van der Waals surface area (Å²) in [6, 6.07) is 10.7. The molecule has 2 rings (SSSR count). The van der Waals surface area contributed by atoms with E-state index in [1.807, 2.05) is 12.1 Å². The smallest absolute Gasteiger partial charge is 0.123 e. The van der Waals surface area contributed by atoms with E-state index in [0.717, 1.165) is 25.1 Å². The van der Waals surface area contributed by atoms with Crippen molar-refractivity contribution in [2.75, 3.05) is 11.9 Å². The van der Waals surface area contributed by atoms with Gasteiger partial charge in [-0.25, -0.2) is 0 Å². The van der Waals surface area contributed by atoms with Gasteiger partial charge in [0.15, 0.2) is 0 Å². The van der Waals surface area contributed by atoms with Crippen LogP contribution in [0.5, 0.6) is 0 Å². The van der Waals surface area contributed by atoms with Crippen LogP contribution in [0.15, 0.2) is 41.0 Å². The average Bonchev–Trinajstić information content (AvgIpc) is 2.93. The third-order valence-electron chi connectivity index (χ3n) is 3.75. The molecule has 0 amide bonds. The van der Waals surface area contributed by atoms with E-state index < -0.39 is 0 Å². The van der Waals surface area contributed by atoms with Gasteiger partial charge in [-0.3, -0.25) is 0 Å². The van der Waals surface area contributed by atoms with Crippen LogP contribution in [0.1, 0.15) is 30.2 Å². The topological polar surface area (TPSA) is 42.4 Å². The number of hydrogen-bond acceptors (Lipinski definition) is 3. The summed E-state index contributed by atoms with van der Waals surface area (Å²) in [5.74, 6) is 0.974. The second-order valence-corrected chi connectivity index (χ2v) is 5.42. The fourth-order valence-corrected chi connectivity index (χ4v) is 2.30. The Morgan fingerprint density at radius 1 is 1.30 bits per heavy atom. The van der Waals surface area contributed by atoms with Gasteiger partial charge in [0.25, 0.3) is 0 Å². The second-order valence-electron chi connectivity index (χ2n) is 5.42. The molecule has 20 heavy (non-hydrogen) atoms. The standard InChI is InChI=1S/C17H24N2O/c1-4-15(18)11-14-7-8-16(10-13(14)2)19(3)12-17-6-5-9-20-17/h5-10,15H,4,11-12,18H2,1-3H3. The minimum atomic E-state index is 0.250. The SMILES string of the molecule is CCC(N)Cc1ccc(N(C)Cc2ccco2)cc1C. The molecule has 2 aromatic rings. The van der Waals surface area contributed by atoms with E-state index in [-0.39, 0.29) is 6.04 Å². The van der Waals surface area contributed by atoms with E-state index in [2.05, 4.69) is 44.0 Å². The van der Waals surface area contributed by atoms with E-state index in [9.17, 15) is 0 Å². The molecule has 0 spiro atoms. The van der Waals surface area contributed by atoms with Crippen LogP contribution in [0, 0.1) is 6.92 Å². The first-order chi connectivity index (χ1) is 9.60. The van der Waals surface area contributed by atoms with Crippen molar-refractivity contribution in [3.8, 4) is 0 Å². The van der Waals surface area contributed by atoms with Crippen LogP contribution in [-0.4, -0.2) is 13.1 Å². The van der Waals surface area contributed by atoms with Gasteiger partial charge < -0.3 is 15.1 Å². The molecule has 0 fully saturated rings. The molecule has 0 aliphatic carbocycles. The molecule has 2 N–H and O–H groups in total. The lowest BCUT2D eigenvalue weighted by Crippen LogP contribution is -2.22. The monoisotopic (exact) mass is 272 g/mol. The Kier molecular flexibility index (Phi) is 4.85. The van der Waals surface area contributed by atoms with Gasteiger partial charge in [-0.1, -0.05) is 13.0 Å². The molecule has 0 aliphatic heterocycles. The highest BCUT2D eigenvalue weighted by Crippen LogP contribution is 2.21. The number of aryl methyl sites for hydroxylation is 1. The average molecular weight is 272 g/mol. The maximum absolute atomic E-state index is 6.04. The molecular weight excluding hydrogens is 248 g/mol. The number of furan rings is 1. The van der Waals surface area contributed by atoms with Gasteiger partial charge in [0, 0.05) is 18.8 Å². The lowest BCUT2D eigenvalue weighted by atomic mass is 9.99. The first-order valence-corrected chi connectivity index (χ1v) is 7.18. The summed E-state index contributed by atoms with van der Waals surface area (Å²) in [5.41, 5.74) is 9.89. The van der Waals surface area contributed by atoms with E-state index in [0.29, 0.717) is 0 Å². The van der Waals surface area contributed by atoms with Gasteiger partial charge >= 0.3 is 0 Å². The highest BCUT2D eigenvalue weighted by atomic mass is 16.3.